The van der Waals surface area contributed by atoms with Crippen molar-refractivity contribution in [1.82, 2.24) is 5.32 Å². The van der Waals surface area contributed by atoms with Crippen LogP contribution in [-0.4, -0.2) is 52.4 Å². The zero-order chi connectivity index (χ0) is 21.4. The first-order valence-corrected chi connectivity index (χ1v) is 9.63. The van der Waals surface area contributed by atoms with E-state index in [2.05, 4.69) is 5.32 Å². The number of aliphatic carboxylic acids is 2. The number of nitrogens with one attached hydrogen (secondary N) is 1. The molecule has 2 heterocycles. The third-order valence-electron chi connectivity index (χ3n) is 4.54. The molecule has 0 aromatic heterocycles. The van der Waals surface area contributed by atoms with Gasteiger partial charge in [0.2, 0.25) is 0 Å². The molecular formula is C20H24ClNO7. The Kier molecular flexibility index (Phi) is 8.48. The zero-order valence-electron chi connectivity index (χ0n) is 15.9. The number of carboxylic acids is 2. The average molecular weight is 426 g/mol. The monoisotopic (exact) mass is 425 g/mol. The molecule has 0 spiro atoms. The lowest BCUT2D eigenvalue weighted by molar-refractivity contribution is -0.158. The van der Waals surface area contributed by atoms with E-state index in [0.29, 0.717) is 35.0 Å². The van der Waals surface area contributed by atoms with Gasteiger partial charge in [0.1, 0.15) is 11.9 Å². The van der Waals surface area contributed by atoms with E-state index in [1.807, 2.05) is 0 Å². The topological polar surface area (TPSA) is 122 Å². The van der Waals surface area contributed by atoms with E-state index in [-0.39, 0.29) is 12.1 Å². The Bertz CT molecular complexity index is 722. The SMILES string of the molecule is CC(Oc1ccc(Cl)cc1)C(=O)OC1CC2CCC(C1)N2.O=C(O)/C=C\C(=O)O. The summed E-state index contributed by atoms with van der Waals surface area (Å²) in [5.41, 5.74) is 0. The third kappa shape index (κ3) is 8.13. The molecule has 1 aromatic rings. The van der Waals surface area contributed by atoms with Crippen LogP contribution in [0.3, 0.4) is 0 Å². The Morgan fingerprint density at radius 1 is 1.07 bits per heavy atom. The molecule has 0 saturated carbocycles. The van der Waals surface area contributed by atoms with E-state index in [0.717, 1.165) is 12.8 Å². The molecule has 3 atom stereocenters. The molecule has 0 amide bonds. The Balaban J connectivity index is 0.000000321. The lowest BCUT2D eigenvalue weighted by atomic mass is 10.0. The minimum absolute atomic E-state index is 0.0208. The fraction of sp³-hybridized carbons (Fsp3) is 0.450. The number of piperidine rings is 1. The van der Waals surface area contributed by atoms with Crippen molar-refractivity contribution < 1.29 is 34.1 Å². The van der Waals surface area contributed by atoms with Crippen LogP contribution in [0, 0.1) is 0 Å². The second-order valence-corrected chi connectivity index (χ2v) is 7.33. The lowest BCUT2D eigenvalue weighted by Crippen LogP contribution is -2.43. The first-order valence-electron chi connectivity index (χ1n) is 9.25. The highest BCUT2D eigenvalue weighted by atomic mass is 35.5. The van der Waals surface area contributed by atoms with Crippen molar-refractivity contribution in [2.45, 2.75) is 56.9 Å². The molecule has 3 rings (SSSR count). The number of carboxylic acid groups (broad SMARTS) is 2. The van der Waals surface area contributed by atoms with Crippen LogP contribution in [-0.2, 0) is 19.1 Å². The molecule has 2 fully saturated rings. The minimum Gasteiger partial charge on any atom is -0.479 e. The molecule has 29 heavy (non-hydrogen) atoms. The van der Waals surface area contributed by atoms with Gasteiger partial charge in [0.15, 0.2) is 6.10 Å². The summed E-state index contributed by atoms with van der Waals surface area (Å²) >= 11 is 5.82. The molecule has 3 unspecified atom stereocenters. The van der Waals surface area contributed by atoms with Crippen LogP contribution in [0.25, 0.3) is 0 Å². The van der Waals surface area contributed by atoms with E-state index >= 15 is 0 Å². The molecule has 158 valence electrons. The van der Waals surface area contributed by atoms with E-state index < -0.39 is 18.0 Å². The van der Waals surface area contributed by atoms with Crippen LogP contribution >= 0.6 is 11.6 Å². The van der Waals surface area contributed by atoms with Crippen molar-refractivity contribution >= 4 is 29.5 Å². The van der Waals surface area contributed by atoms with E-state index in [4.69, 9.17) is 31.3 Å². The van der Waals surface area contributed by atoms with Gasteiger partial charge in [-0.05, 0) is 56.9 Å². The van der Waals surface area contributed by atoms with E-state index in [1.165, 1.54) is 12.8 Å². The van der Waals surface area contributed by atoms with Gasteiger partial charge in [-0.25, -0.2) is 14.4 Å². The Hall–Kier alpha value is -2.58. The number of halogens is 1. The van der Waals surface area contributed by atoms with Crippen molar-refractivity contribution in [1.29, 1.82) is 0 Å². The van der Waals surface area contributed by atoms with Gasteiger partial charge in [0, 0.05) is 29.3 Å². The Morgan fingerprint density at radius 2 is 1.59 bits per heavy atom. The zero-order valence-corrected chi connectivity index (χ0v) is 16.7. The number of benzene rings is 1. The number of ether oxygens (including phenoxy) is 2. The predicted octanol–water partition coefficient (Wildman–Crippen LogP) is 2.65. The van der Waals surface area contributed by atoms with Gasteiger partial charge in [0.05, 0.1) is 0 Å². The number of carbonyl (C=O) groups excluding carboxylic acids is 1. The van der Waals surface area contributed by atoms with Gasteiger partial charge < -0.3 is 25.0 Å². The highest BCUT2D eigenvalue weighted by Gasteiger charge is 2.36. The molecule has 0 radical (unpaired) electrons. The average Bonchev–Trinajstić information content (AvgIpc) is 3.00. The fourth-order valence-corrected chi connectivity index (χ4v) is 3.40. The summed E-state index contributed by atoms with van der Waals surface area (Å²) in [6.45, 7) is 1.71. The highest BCUT2D eigenvalue weighted by Crippen LogP contribution is 2.29. The molecular weight excluding hydrogens is 402 g/mol. The van der Waals surface area contributed by atoms with Crippen molar-refractivity contribution in [3.63, 3.8) is 0 Å². The molecule has 0 aliphatic carbocycles. The van der Waals surface area contributed by atoms with Gasteiger partial charge in [-0.3, -0.25) is 0 Å². The normalized spacial score (nSPS) is 23.6. The number of hydrogen-bond donors (Lipinski definition) is 3. The van der Waals surface area contributed by atoms with Gasteiger partial charge in [0.25, 0.3) is 0 Å². The minimum atomic E-state index is -1.26. The first-order chi connectivity index (χ1) is 13.7. The predicted molar refractivity (Wildman–Crippen MR) is 105 cm³/mol. The maximum atomic E-state index is 12.1. The second kappa shape index (κ2) is 10.8. The smallest absolute Gasteiger partial charge is 0.347 e. The van der Waals surface area contributed by atoms with Crippen LogP contribution in [0.2, 0.25) is 5.02 Å². The summed E-state index contributed by atoms with van der Waals surface area (Å²) in [4.78, 5) is 31.2. The van der Waals surface area contributed by atoms with Gasteiger partial charge in [-0.2, -0.15) is 0 Å². The summed E-state index contributed by atoms with van der Waals surface area (Å²) in [6, 6.07) is 7.98. The van der Waals surface area contributed by atoms with Crippen molar-refractivity contribution in [2.24, 2.45) is 0 Å². The lowest BCUT2D eigenvalue weighted by Gasteiger charge is -2.29. The maximum Gasteiger partial charge on any atom is 0.347 e. The van der Waals surface area contributed by atoms with Crippen LogP contribution in [0.4, 0.5) is 0 Å². The summed E-state index contributed by atoms with van der Waals surface area (Å²) in [6.07, 6.45) is 4.73. The number of esters is 1. The van der Waals surface area contributed by atoms with E-state index in [1.54, 1.807) is 31.2 Å². The molecule has 2 aliphatic rings. The highest BCUT2D eigenvalue weighted by molar-refractivity contribution is 6.30. The standard InChI is InChI=1S/C16H20ClNO3.C4H4O4/c1-10(20-14-6-2-11(17)3-7-14)16(19)21-15-8-12-4-5-13(9-15)18-12;5-3(6)1-2-4(7)8/h2-3,6-7,10,12-13,15,18H,4-5,8-9H2,1H3;1-2H,(H,5,6)(H,7,8)/b;2-1-. The molecule has 9 heteroatoms. The second-order valence-electron chi connectivity index (χ2n) is 6.89. The molecule has 2 saturated heterocycles. The summed E-state index contributed by atoms with van der Waals surface area (Å²) in [5, 5.41) is 19.8. The van der Waals surface area contributed by atoms with Crippen molar-refractivity contribution in [2.75, 3.05) is 0 Å². The summed E-state index contributed by atoms with van der Waals surface area (Å²) < 4.78 is 11.2. The summed E-state index contributed by atoms with van der Waals surface area (Å²) in [7, 11) is 0. The van der Waals surface area contributed by atoms with Crippen molar-refractivity contribution in [3.8, 4) is 5.75 Å². The molecule has 2 aliphatic heterocycles. The first kappa shape index (κ1) is 22.7. The molecule has 1 aromatic carbocycles. The number of fused-ring (bicyclic) bond motifs is 2. The quantitative estimate of drug-likeness (QED) is 0.469. The summed E-state index contributed by atoms with van der Waals surface area (Å²) in [5.74, 6) is -2.19. The van der Waals surface area contributed by atoms with Gasteiger partial charge in [-0.1, -0.05) is 11.6 Å². The largest absolute Gasteiger partial charge is 0.479 e. The van der Waals surface area contributed by atoms with Crippen molar-refractivity contribution in [3.05, 3.63) is 41.4 Å². The van der Waals surface area contributed by atoms with E-state index in [9.17, 15) is 14.4 Å². The van der Waals surface area contributed by atoms with Crippen LogP contribution in [0.5, 0.6) is 5.75 Å². The van der Waals surface area contributed by atoms with Crippen LogP contribution in [0.15, 0.2) is 36.4 Å². The van der Waals surface area contributed by atoms with Gasteiger partial charge >= 0.3 is 17.9 Å². The number of carbonyl (C=O) groups is 3. The van der Waals surface area contributed by atoms with Gasteiger partial charge in [-0.15, -0.1) is 0 Å². The van der Waals surface area contributed by atoms with Crippen LogP contribution in [0.1, 0.15) is 32.6 Å². The molecule has 2 bridgehead atoms. The maximum absolute atomic E-state index is 12.1. The fourth-order valence-electron chi connectivity index (χ4n) is 3.27. The number of rotatable bonds is 6. The van der Waals surface area contributed by atoms with Crippen LogP contribution < -0.4 is 10.1 Å². The Morgan fingerprint density at radius 3 is 2.07 bits per heavy atom. The third-order valence-corrected chi connectivity index (χ3v) is 4.79. The molecule has 8 nitrogen and oxygen atoms in total. The number of hydrogen-bond acceptors (Lipinski definition) is 6. The Labute approximate surface area is 173 Å². The molecule has 3 N–H and O–H groups in total.